The zero-order chi connectivity index (χ0) is 19.9. The fourth-order valence-electron chi connectivity index (χ4n) is 3.57. The first-order chi connectivity index (χ1) is 13.6. The summed E-state index contributed by atoms with van der Waals surface area (Å²) < 4.78 is 0. The van der Waals surface area contributed by atoms with Gasteiger partial charge in [-0.3, -0.25) is 24.4 Å². The standard InChI is InChI=1S/C21H28N4O2S/c1-2-3-11-25-20(27)18(19(26)23-21(25)28)14-22-17-9-12-24(13-10-17)15-16-7-5-4-6-8-16/h4-8,14,17-18H,2-3,9-13,15H2,1H3,(H,23,26,28)/t18-/m0/s1. The van der Waals surface area contributed by atoms with Crippen LogP contribution in [-0.4, -0.2) is 58.6 Å². The molecule has 1 N–H and O–H groups in total. The van der Waals surface area contributed by atoms with Crippen molar-refractivity contribution < 1.29 is 9.59 Å². The molecule has 0 aliphatic carbocycles. The lowest BCUT2D eigenvalue weighted by molar-refractivity contribution is -0.137. The number of unbranched alkanes of at least 4 members (excludes halogenated alkanes) is 1. The van der Waals surface area contributed by atoms with Gasteiger partial charge in [-0.2, -0.15) is 0 Å². The van der Waals surface area contributed by atoms with Crippen LogP contribution in [0, 0.1) is 5.92 Å². The van der Waals surface area contributed by atoms with Crippen molar-refractivity contribution >= 4 is 35.4 Å². The van der Waals surface area contributed by atoms with E-state index in [0.29, 0.717) is 6.54 Å². The molecule has 2 aliphatic rings. The number of amides is 2. The summed E-state index contributed by atoms with van der Waals surface area (Å²) in [6.07, 6.45) is 5.22. The highest BCUT2D eigenvalue weighted by molar-refractivity contribution is 7.80. The highest BCUT2D eigenvalue weighted by Gasteiger charge is 2.37. The molecule has 2 saturated heterocycles. The Morgan fingerprint density at radius 2 is 1.93 bits per heavy atom. The number of thiocarbonyl (C=S) groups is 1. The van der Waals surface area contributed by atoms with Gasteiger partial charge in [0.15, 0.2) is 11.0 Å². The van der Waals surface area contributed by atoms with E-state index in [-0.39, 0.29) is 23.0 Å². The van der Waals surface area contributed by atoms with Gasteiger partial charge in [-0.25, -0.2) is 0 Å². The Morgan fingerprint density at radius 1 is 1.21 bits per heavy atom. The van der Waals surface area contributed by atoms with E-state index in [1.54, 1.807) is 0 Å². The first-order valence-electron chi connectivity index (χ1n) is 10.0. The molecule has 1 aromatic carbocycles. The number of hydrogen-bond acceptors (Lipinski definition) is 5. The van der Waals surface area contributed by atoms with Crippen LogP contribution in [0.2, 0.25) is 0 Å². The topological polar surface area (TPSA) is 65.0 Å². The summed E-state index contributed by atoms with van der Waals surface area (Å²) in [5.74, 6) is -1.49. The van der Waals surface area contributed by atoms with E-state index in [0.717, 1.165) is 45.3 Å². The number of benzene rings is 1. The van der Waals surface area contributed by atoms with Crippen LogP contribution in [0.1, 0.15) is 38.2 Å². The Hall–Kier alpha value is -2.12. The normalized spacial score (nSPS) is 22.1. The van der Waals surface area contributed by atoms with Gasteiger partial charge < -0.3 is 5.32 Å². The van der Waals surface area contributed by atoms with E-state index < -0.39 is 5.92 Å². The molecule has 28 heavy (non-hydrogen) atoms. The molecule has 150 valence electrons. The lowest BCUT2D eigenvalue weighted by Crippen LogP contribution is -2.58. The molecule has 6 nitrogen and oxygen atoms in total. The quantitative estimate of drug-likeness (QED) is 0.434. The maximum Gasteiger partial charge on any atom is 0.246 e. The van der Waals surface area contributed by atoms with Crippen molar-refractivity contribution in [3.63, 3.8) is 0 Å². The lowest BCUT2D eigenvalue weighted by Gasteiger charge is -2.32. The number of carbonyl (C=O) groups excluding carboxylic acids is 2. The Bertz CT molecular complexity index is 729. The predicted octanol–water partition coefficient (Wildman–Crippen LogP) is 2.38. The van der Waals surface area contributed by atoms with Gasteiger partial charge in [0.1, 0.15) is 0 Å². The first kappa shape index (κ1) is 20.6. The summed E-state index contributed by atoms with van der Waals surface area (Å²) in [4.78, 5) is 33.4. The molecule has 0 saturated carbocycles. The summed E-state index contributed by atoms with van der Waals surface area (Å²) in [6, 6.07) is 10.6. The second-order valence-electron chi connectivity index (χ2n) is 7.41. The van der Waals surface area contributed by atoms with Gasteiger partial charge in [-0.05, 0) is 37.0 Å². The van der Waals surface area contributed by atoms with Gasteiger partial charge in [-0.15, -0.1) is 0 Å². The number of nitrogens with zero attached hydrogens (tertiary/aromatic N) is 3. The smallest absolute Gasteiger partial charge is 0.246 e. The fraction of sp³-hybridized carbons (Fsp3) is 0.524. The molecule has 0 unspecified atom stereocenters. The van der Waals surface area contributed by atoms with Crippen molar-refractivity contribution in [2.24, 2.45) is 10.9 Å². The largest absolute Gasteiger partial charge is 0.302 e. The number of rotatable bonds is 7. The van der Waals surface area contributed by atoms with Crippen molar-refractivity contribution in [3.05, 3.63) is 35.9 Å². The minimum atomic E-state index is -0.870. The molecule has 7 heteroatoms. The van der Waals surface area contributed by atoms with Crippen molar-refractivity contribution in [1.29, 1.82) is 0 Å². The zero-order valence-electron chi connectivity index (χ0n) is 16.3. The van der Waals surface area contributed by atoms with E-state index in [9.17, 15) is 9.59 Å². The monoisotopic (exact) mass is 400 g/mol. The third-order valence-corrected chi connectivity index (χ3v) is 5.60. The highest BCUT2D eigenvalue weighted by atomic mass is 32.1. The number of aliphatic imine (C=N–C) groups is 1. The van der Waals surface area contributed by atoms with E-state index in [2.05, 4.69) is 46.4 Å². The number of piperidine rings is 1. The molecule has 0 bridgehead atoms. The van der Waals surface area contributed by atoms with Gasteiger partial charge in [0.2, 0.25) is 11.8 Å². The maximum atomic E-state index is 12.7. The van der Waals surface area contributed by atoms with Crippen molar-refractivity contribution in [2.75, 3.05) is 19.6 Å². The fourth-order valence-corrected chi connectivity index (χ4v) is 3.85. The third-order valence-electron chi connectivity index (χ3n) is 5.28. The lowest BCUT2D eigenvalue weighted by atomic mass is 10.0. The Labute approximate surface area is 172 Å². The van der Waals surface area contributed by atoms with E-state index in [1.165, 1.54) is 16.7 Å². The molecular formula is C21H28N4O2S. The van der Waals surface area contributed by atoms with Crippen molar-refractivity contribution in [3.8, 4) is 0 Å². The molecular weight excluding hydrogens is 372 g/mol. The highest BCUT2D eigenvalue weighted by Crippen LogP contribution is 2.17. The molecule has 0 aromatic heterocycles. The van der Waals surface area contributed by atoms with Crippen LogP contribution in [0.25, 0.3) is 0 Å². The van der Waals surface area contributed by atoms with Gasteiger partial charge in [0, 0.05) is 32.4 Å². The second kappa shape index (κ2) is 9.89. The SMILES string of the molecule is CCCCN1C(=O)[C@@H](C=NC2CCN(Cc3ccccc3)CC2)C(=O)NC1=S. The summed E-state index contributed by atoms with van der Waals surface area (Å²) in [6.45, 7) is 5.48. The molecule has 3 rings (SSSR count). The Kier molecular flexibility index (Phi) is 7.28. The minimum absolute atomic E-state index is 0.158. The van der Waals surface area contributed by atoms with Gasteiger partial charge in [0.05, 0.1) is 6.04 Å². The molecule has 1 atom stereocenters. The second-order valence-corrected chi connectivity index (χ2v) is 7.79. The molecule has 0 spiro atoms. The molecule has 1 aromatic rings. The van der Waals surface area contributed by atoms with Crippen LogP contribution >= 0.6 is 12.2 Å². The molecule has 0 radical (unpaired) electrons. The summed E-state index contributed by atoms with van der Waals surface area (Å²) in [7, 11) is 0. The van der Waals surface area contributed by atoms with E-state index in [1.807, 2.05) is 6.07 Å². The Morgan fingerprint density at radius 3 is 2.61 bits per heavy atom. The third kappa shape index (κ3) is 5.23. The van der Waals surface area contributed by atoms with E-state index >= 15 is 0 Å². The van der Waals surface area contributed by atoms with Gasteiger partial charge >= 0.3 is 0 Å². The van der Waals surface area contributed by atoms with Crippen molar-refractivity contribution in [1.82, 2.24) is 15.1 Å². The van der Waals surface area contributed by atoms with Crippen LogP contribution in [0.5, 0.6) is 0 Å². The summed E-state index contributed by atoms with van der Waals surface area (Å²) >= 11 is 5.15. The average Bonchev–Trinajstić information content (AvgIpc) is 2.69. The number of nitrogens with one attached hydrogen (secondary N) is 1. The minimum Gasteiger partial charge on any atom is -0.302 e. The number of carbonyl (C=O) groups is 2. The van der Waals surface area contributed by atoms with Gasteiger partial charge in [0.25, 0.3) is 0 Å². The predicted molar refractivity (Wildman–Crippen MR) is 114 cm³/mol. The van der Waals surface area contributed by atoms with Crippen LogP contribution in [0.15, 0.2) is 35.3 Å². The van der Waals surface area contributed by atoms with Crippen LogP contribution in [0.4, 0.5) is 0 Å². The van der Waals surface area contributed by atoms with Crippen LogP contribution in [0.3, 0.4) is 0 Å². The molecule has 2 fully saturated rings. The number of likely N-dealkylation sites (tertiary alicyclic amines) is 1. The zero-order valence-corrected chi connectivity index (χ0v) is 17.2. The Balaban J connectivity index is 1.52. The number of hydrogen-bond donors (Lipinski definition) is 1. The van der Waals surface area contributed by atoms with E-state index in [4.69, 9.17) is 12.2 Å². The summed E-state index contributed by atoms with van der Waals surface area (Å²) in [5.41, 5.74) is 1.32. The molecule has 2 heterocycles. The van der Waals surface area contributed by atoms with Crippen LogP contribution < -0.4 is 5.32 Å². The molecule has 2 amide bonds. The maximum absolute atomic E-state index is 12.7. The first-order valence-corrected chi connectivity index (χ1v) is 10.4. The summed E-state index contributed by atoms with van der Waals surface area (Å²) in [5, 5.41) is 2.85. The van der Waals surface area contributed by atoms with Crippen LogP contribution in [-0.2, 0) is 16.1 Å². The van der Waals surface area contributed by atoms with Crippen molar-refractivity contribution in [2.45, 2.75) is 45.2 Å². The average molecular weight is 401 g/mol. The van der Waals surface area contributed by atoms with Gasteiger partial charge in [-0.1, -0.05) is 43.7 Å². The molecule has 2 aliphatic heterocycles.